The number of aliphatic carboxylic acids is 1. The normalized spacial score (nSPS) is 19.4. The van der Waals surface area contributed by atoms with Gasteiger partial charge in [-0.3, -0.25) is 4.79 Å². The van der Waals surface area contributed by atoms with E-state index in [0.29, 0.717) is 17.8 Å². The van der Waals surface area contributed by atoms with E-state index < -0.39 is 5.97 Å². The number of benzene rings is 1. The molecule has 1 saturated carbocycles. The second-order valence-corrected chi connectivity index (χ2v) is 9.51. The SMILES string of the molecule is CC(C)(C)C1CCC(Oc2ncc(-c3cccc(CCCCC(=O)O)c3)cn2)CC1. The summed E-state index contributed by atoms with van der Waals surface area (Å²) in [5.74, 6) is 0.0301. The van der Waals surface area contributed by atoms with Gasteiger partial charge in [-0.1, -0.05) is 45.0 Å². The minimum absolute atomic E-state index is 0.212. The number of hydrogen-bond donors (Lipinski definition) is 1. The first-order chi connectivity index (χ1) is 14.3. The van der Waals surface area contributed by atoms with Crippen molar-refractivity contribution in [3.63, 3.8) is 0 Å². The zero-order valence-electron chi connectivity index (χ0n) is 18.4. The zero-order valence-corrected chi connectivity index (χ0v) is 18.4. The van der Waals surface area contributed by atoms with Crippen molar-refractivity contribution in [2.24, 2.45) is 11.3 Å². The van der Waals surface area contributed by atoms with Gasteiger partial charge >= 0.3 is 12.0 Å². The standard InChI is InChI=1S/C25H34N2O3/c1-25(2,3)21-11-13-22(14-12-21)30-24-26-16-20(17-27-24)19-9-6-8-18(15-19)7-4-5-10-23(28)29/h6,8-9,15-17,21-22H,4-5,7,10-14H2,1-3H3,(H,28,29). The van der Waals surface area contributed by atoms with Gasteiger partial charge in [-0.15, -0.1) is 0 Å². The summed E-state index contributed by atoms with van der Waals surface area (Å²) >= 11 is 0. The summed E-state index contributed by atoms with van der Waals surface area (Å²) in [6, 6.07) is 8.75. The van der Waals surface area contributed by atoms with Crippen molar-refractivity contribution in [1.29, 1.82) is 0 Å². The second-order valence-electron chi connectivity index (χ2n) is 9.51. The molecule has 0 spiro atoms. The lowest BCUT2D eigenvalue weighted by Gasteiger charge is -2.36. The average Bonchev–Trinajstić information content (AvgIpc) is 2.72. The summed E-state index contributed by atoms with van der Waals surface area (Å²) in [7, 11) is 0. The van der Waals surface area contributed by atoms with Crippen LogP contribution in [0.4, 0.5) is 0 Å². The third-order valence-electron chi connectivity index (χ3n) is 6.17. The first kappa shape index (κ1) is 22.3. The van der Waals surface area contributed by atoms with Crippen LogP contribution >= 0.6 is 0 Å². The highest BCUT2D eigenvalue weighted by atomic mass is 16.5. The molecule has 0 bridgehead atoms. The number of ether oxygens (including phenoxy) is 1. The molecule has 0 aliphatic heterocycles. The van der Waals surface area contributed by atoms with Gasteiger partial charge in [-0.2, -0.15) is 0 Å². The van der Waals surface area contributed by atoms with Crippen LogP contribution in [0.5, 0.6) is 6.01 Å². The molecular formula is C25H34N2O3. The lowest BCUT2D eigenvalue weighted by atomic mass is 9.72. The number of unbranched alkanes of at least 4 members (excludes halogenated alkanes) is 1. The highest BCUT2D eigenvalue weighted by Gasteiger charge is 2.30. The molecular weight excluding hydrogens is 376 g/mol. The summed E-state index contributed by atoms with van der Waals surface area (Å²) in [4.78, 5) is 19.5. The van der Waals surface area contributed by atoms with Crippen molar-refractivity contribution in [2.45, 2.75) is 78.2 Å². The van der Waals surface area contributed by atoms with E-state index in [1.165, 1.54) is 18.4 Å². The Morgan fingerprint density at radius 1 is 1.07 bits per heavy atom. The van der Waals surface area contributed by atoms with E-state index in [9.17, 15) is 4.79 Å². The van der Waals surface area contributed by atoms with E-state index in [-0.39, 0.29) is 12.5 Å². The highest BCUT2D eigenvalue weighted by molar-refractivity contribution is 5.66. The Hall–Kier alpha value is -2.43. The number of carboxylic acids is 1. The van der Waals surface area contributed by atoms with Gasteiger partial charge in [0.2, 0.25) is 0 Å². The maximum Gasteiger partial charge on any atom is 0.316 e. The van der Waals surface area contributed by atoms with E-state index >= 15 is 0 Å². The van der Waals surface area contributed by atoms with Crippen molar-refractivity contribution >= 4 is 5.97 Å². The maximum absolute atomic E-state index is 10.6. The Morgan fingerprint density at radius 3 is 2.40 bits per heavy atom. The minimum Gasteiger partial charge on any atom is -0.481 e. The van der Waals surface area contributed by atoms with Crippen LogP contribution in [0.3, 0.4) is 0 Å². The molecule has 1 aliphatic carbocycles. The van der Waals surface area contributed by atoms with E-state index in [4.69, 9.17) is 9.84 Å². The third kappa shape index (κ3) is 6.54. The van der Waals surface area contributed by atoms with Crippen molar-refractivity contribution < 1.29 is 14.6 Å². The van der Waals surface area contributed by atoms with Crippen LogP contribution < -0.4 is 4.74 Å². The molecule has 0 unspecified atom stereocenters. The molecule has 1 aromatic heterocycles. The Bertz CT molecular complexity index is 819. The molecule has 0 amide bonds. The van der Waals surface area contributed by atoms with Crippen LogP contribution in [0, 0.1) is 11.3 Å². The molecule has 1 N–H and O–H groups in total. The quantitative estimate of drug-likeness (QED) is 0.547. The van der Waals surface area contributed by atoms with Crippen LogP contribution in [0.25, 0.3) is 11.1 Å². The number of hydrogen-bond acceptors (Lipinski definition) is 4. The molecule has 1 aliphatic rings. The molecule has 0 atom stereocenters. The van der Waals surface area contributed by atoms with Gasteiger partial charge in [0.25, 0.3) is 0 Å². The number of aryl methyl sites for hydroxylation is 1. The lowest BCUT2D eigenvalue weighted by molar-refractivity contribution is -0.137. The summed E-state index contributed by atoms with van der Waals surface area (Å²) < 4.78 is 6.05. The molecule has 3 rings (SSSR count). The largest absolute Gasteiger partial charge is 0.481 e. The molecule has 0 radical (unpaired) electrons. The van der Waals surface area contributed by atoms with Crippen molar-refractivity contribution in [1.82, 2.24) is 9.97 Å². The van der Waals surface area contributed by atoms with Crippen molar-refractivity contribution in [3.05, 3.63) is 42.2 Å². The van der Waals surface area contributed by atoms with Crippen molar-refractivity contribution in [2.75, 3.05) is 0 Å². The monoisotopic (exact) mass is 410 g/mol. The fourth-order valence-corrected chi connectivity index (χ4v) is 4.23. The lowest BCUT2D eigenvalue weighted by Crippen LogP contribution is -2.30. The van der Waals surface area contributed by atoms with Gasteiger partial charge in [0, 0.05) is 24.4 Å². The van der Waals surface area contributed by atoms with Crippen LogP contribution in [0.1, 0.15) is 71.3 Å². The van der Waals surface area contributed by atoms with Crippen LogP contribution in [0.15, 0.2) is 36.7 Å². The summed E-state index contributed by atoms with van der Waals surface area (Å²) in [5, 5.41) is 8.75. The Balaban J connectivity index is 1.53. The molecule has 5 heteroatoms. The maximum atomic E-state index is 10.6. The van der Waals surface area contributed by atoms with E-state index in [1.54, 1.807) is 0 Å². The predicted molar refractivity (Wildman–Crippen MR) is 118 cm³/mol. The predicted octanol–water partition coefficient (Wildman–Crippen LogP) is 5.92. The summed E-state index contributed by atoms with van der Waals surface area (Å²) in [6.07, 6.45) is 11.1. The minimum atomic E-state index is -0.731. The second kappa shape index (κ2) is 10.1. The van der Waals surface area contributed by atoms with Crippen molar-refractivity contribution in [3.8, 4) is 17.1 Å². The first-order valence-electron chi connectivity index (χ1n) is 11.1. The Morgan fingerprint density at radius 2 is 1.77 bits per heavy atom. The highest BCUT2D eigenvalue weighted by Crippen LogP contribution is 2.38. The number of carbonyl (C=O) groups is 1. The molecule has 1 heterocycles. The fraction of sp³-hybridized carbons (Fsp3) is 0.560. The summed E-state index contributed by atoms with van der Waals surface area (Å²) in [6.45, 7) is 6.98. The van der Waals surface area contributed by atoms with Gasteiger partial charge in [0.15, 0.2) is 0 Å². The molecule has 0 saturated heterocycles. The molecule has 1 aromatic carbocycles. The Labute approximate surface area is 179 Å². The van der Waals surface area contributed by atoms with Gasteiger partial charge < -0.3 is 9.84 Å². The molecule has 2 aromatic rings. The van der Waals surface area contributed by atoms with Gasteiger partial charge in [0.1, 0.15) is 6.10 Å². The van der Waals surface area contributed by atoms with E-state index in [1.807, 2.05) is 24.5 Å². The third-order valence-corrected chi connectivity index (χ3v) is 6.17. The van der Waals surface area contributed by atoms with Crippen LogP contribution in [0.2, 0.25) is 0 Å². The van der Waals surface area contributed by atoms with Gasteiger partial charge in [0.05, 0.1) is 0 Å². The fourth-order valence-electron chi connectivity index (χ4n) is 4.23. The van der Waals surface area contributed by atoms with Gasteiger partial charge in [-0.25, -0.2) is 9.97 Å². The number of carboxylic acid groups (broad SMARTS) is 1. The van der Waals surface area contributed by atoms with Gasteiger partial charge in [-0.05, 0) is 67.4 Å². The zero-order chi connectivity index (χ0) is 21.6. The van der Waals surface area contributed by atoms with E-state index in [2.05, 4.69) is 42.9 Å². The number of rotatable bonds is 8. The molecule has 1 fully saturated rings. The molecule has 162 valence electrons. The smallest absolute Gasteiger partial charge is 0.316 e. The van der Waals surface area contributed by atoms with E-state index in [0.717, 1.165) is 42.7 Å². The van der Waals surface area contributed by atoms with Crippen LogP contribution in [-0.4, -0.2) is 27.1 Å². The summed E-state index contributed by atoms with van der Waals surface area (Å²) in [5.41, 5.74) is 3.61. The molecule has 5 nitrogen and oxygen atoms in total. The average molecular weight is 411 g/mol. The Kier molecular flexibility index (Phi) is 7.46. The topological polar surface area (TPSA) is 72.3 Å². The molecule has 30 heavy (non-hydrogen) atoms. The van der Waals surface area contributed by atoms with Crippen LogP contribution in [-0.2, 0) is 11.2 Å². The first-order valence-corrected chi connectivity index (χ1v) is 11.1. The number of aromatic nitrogens is 2. The number of nitrogens with zero attached hydrogens (tertiary/aromatic N) is 2.